The van der Waals surface area contributed by atoms with Crippen molar-refractivity contribution >= 4 is 6.29 Å². The van der Waals surface area contributed by atoms with Crippen LogP contribution in [0.15, 0.2) is 60.8 Å². The van der Waals surface area contributed by atoms with Gasteiger partial charge in [0.15, 0.2) is 6.29 Å². The molecule has 0 aliphatic heterocycles. The van der Waals surface area contributed by atoms with Gasteiger partial charge < -0.3 is 0 Å². The quantitative estimate of drug-likeness (QED) is 0.677. The number of aromatic nitrogens is 2. The third-order valence-corrected chi connectivity index (χ3v) is 3.53. The molecule has 0 atom stereocenters. The third kappa shape index (κ3) is 2.63. The fraction of sp³-hybridized carbons (Fsp3) is 0.111. The van der Waals surface area contributed by atoms with Gasteiger partial charge in [-0.2, -0.15) is 5.10 Å². The molecule has 3 aromatic rings. The normalized spacial score (nSPS) is 10.5. The summed E-state index contributed by atoms with van der Waals surface area (Å²) in [4.78, 5) is 11.3. The zero-order valence-electron chi connectivity index (χ0n) is 11.9. The number of benzene rings is 2. The number of aryl methyl sites for hydroxylation is 1. The molecule has 1 heterocycles. The fourth-order valence-corrected chi connectivity index (χ4v) is 2.31. The van der Waals surface area contributed by atoms with Gasteiger partial charge in [0.25, 0.3) is 0 Å². The van der Waals surface area contributed by atoms with Crippen molar-refractivity contribution < 1.29 is 4.79 Å². The van der Waals surface area contributed by atoms with Crippen LogP contribution in [0.4, 0.5) is 0 Å². The van der Waals surface area contributed by atoms with Crippen LogP contribution in [-0.2, 0) is 6.42 Å². The van der Waals surface area contributed by atoms with Crippen molar-refractivity contribution in [1.82, 2.24) is 9.78 Å². The second kappa shape index (κ2) is 5.75. The van der Waals surface area contributed by atoms with Crippen molar-refractivity contribution in [3.63, 3.8) is 0 Å². The monoisotopic (exact) mass is 276 g/mol. The molecule has 1 aromatic heterocycles. The van der Waals surface area contributed by atoms with Crippen molar-refractivity contribution in [1.29, 1.82) is 0 Å². The lowest BCUT2D eigenvalue weighted by molar-refractivity contribution is 0.112. The van der Waals surface area contributed by atoms with Gasteiger partial charge in [-0.15, -0.1) is 0 Å². The van der Waals surface area contributed by atoms with E-state index in [1.165, 1.54) is 5.56 Å². The maximum absolute atomic E-state index is 11.3. The molecule has 3 nitrogen and oxygen atoms in total. The minimum Gasteiger partial charge on any atom is -0.298 e. The van der Waals surface area contributed by atoms with Gasteiger partial charge in [0.05, 0.1) is 11.3 Å². The lowest BCUT2D eigenvalue weighted by Crippen LogP contribution is -1.94. The van der Waals surface area contributed by atoms with E-state index in [9.17, 15) is 4.79 Å². The zero-order valence-corrected chi connectivity index (χ0v) is 11.9. The predicted octanol–water partition coefficient (Wildman–Crippen LogP) is 3.91. The van der Waals surface area contributed by atoms with Gasteiger partial charge in [0, 0.05) is 11.8 Å². The van der Waals surface area contributed by atoms with Gasteiger partial charge in [-0.05, 0) is 24.1 Å². The first kappa shape index (κ1) is 13.3. The number of carbonyl (C=O) groups excluding carboxylic acids is 1. The second-order valence-electron chi connectivity index (χ2n) is 4.88. The Morgan fingerprint density at radius 1 is 1.05 bits per heavy atom. The number of aldehydes is 1. The molecule has 2 aromatic carbocycles. The summed E-state index contributed by atoms with van der Waals surface area (Å²) in [6, 6.07) is 18.0. The highest BCUT2D eigenvalue weighted by atomic mass is 16.1. The van der Waals surface area contributed by atoms with Gasteiger partial charge in [0.2, 0.25) is 0 Å². The third-order valence-electron chi connectivity index (χ3n) is 3.53. The van der Waals surface area contributed by atoms with Crippen LogP contribution in [0.2, 0.25) is 0 Å². The van der Waals surface area contributed by atoms with Crippen molar-refractivity contribution in [2.75, 3.05) is 0 Å². The van der Waals surface area contributed by atoms with E-state index in [1.54, 1.807) is 10.9 Å². The molecule has 0 aliphatic rings. The molecule has 0 amide bonds. The highest BCUT2D eigenvalue weighted by Crippen LogP contribution is 2.23. The van der Waals surface area contributed by atoms with Gasteiger partial charge in [-0.3, -0.25) is 4.79 Å². The largest absolute Gasteiger partial charge is 0.298 e. The first-order valence-corrected chi connectivity index (χ1v) is 7.01. The van der Waals surface area contributed by atoms with E-state index < -0.39 is 0 Å². The number of para-hydroxylation sites is 1. The standard InChI is InChI=1S/C18H16N2O/c1-2-14-8-10-15(11-9-14)18-16(13-21)12-20(19-18)17-6-4-3-5-7-17/h3-13H,2H2,1H3. The molecular formula is C18H16N2O. The van der Waals surface area contributed by atoms with Crippen molar-refractivity contribution in [2.24, 2.45) is 0 Å². The number of nitrogens with zero attached hydrogens (tertiary/aromatic N) is 2. The van der Waals surface area contributed by atoms with Crippen molar-refractivity contribution in [2.45, 2.75) is 13.3 Å². The first-order valence-electron chi connectivity index (χ1n) is 7.01. The summed E-state index contributed by atoms with van der Waals surface area (Å²) in [5.74, 6) is 0. The number of hydrogen-bond donors (Lipinski definition) is 0. The predicted molar refractivity (Wildman–Crippen MR) is 83.8 cm³/mol. The molecule has 0 radical (unpaired) electrons. The van der Waals surface area contributed by atoms with Crippen molar-refractivity contribution in [3.8, 4) is 16.9 Å². The Labute approximate surface area is 123 Å². The smallest absolute Gasteiger partial charge is 0.153 e. The van der Waals surface area contributed by atoms with Crippen LogP contribution >= 0.6 is 0 Å². The van der Waals surface area contributed by atoms with Gasteiger partial charge in [0.1, 0.15) is 5.69 Å². The Morgan fingerprint density at radius 2 is 1.76 bits per heavy atom. The topological polar surface area (TPSA) is 34.9 Å². The molecular weight excluding hydrogens is 260 g/mol. The maximum Gasteiger partial charge on any atom is 0.153 e. The molecule has 0 unspecified atom stereocenters. The summed E-state index contributed by atoms with van der Waals surface area (Å²) in [6.45, 7) is 2.12. The summed E-state index contributed by atoms with van der Waals surface area (Å²) < 4.78 is 1.74. The van der Waals surface area contributed by atoms with Gasteiger partial charge >= 0.3 is 0 Å². The minimum atomic E-state index is 0.600. The molecule has 0 fully saturated rings. The average Bonchev–Trinajstić information content (AvgIpc) is 3.00. The number of carbonyl (C=O) groups is 1. The zero-order chi connectivity index (χ0) is 14.7. The molecule has 0 spiro atoms. The summed E-state index contributed by atoms with van der Waals surface area (Å²) >= 11 is 0. The van der Waals surface area contributed by atoms with Crippen LogP contribution in [0.1, 0.15) is 22.8 Å². The Bertz CT molecular complexity index is 743. The van der Waals surface area contributed by atoms with Crippen LogP contribution in [0.25, 0.3) is 16.9 Å². The maximum atomic E-state index is 11.3. The number of rotatable bonds is 4. The minimum absolute atomic E-state index is 0.600. The highest BCUT2D eigenvalue weighted by Gasteiger charge is 2.11. The fourth-order valence-electron chi connectivity index (χ4n) is 2.31. The first-order chi connectivity index (χ1) is 10.3. The average molecular weight is 276 g/mol. The number of hydrogen-bond acceptors (Lipinski definition) is 2. The Hall–Kier alpha value is -2.68. The van der Waals surface area contributed by atoms with Crippen LogP contribution in [0.3, 0.4) is 0 Å². The Kier molecular flexibility index (Phi) is 3.65. The molecule has 21 heavy (non-hydrogen) atoms. The van der Waals surface area contributed by atoms with E-state index in [4.69, 9.17) is 0 Å². The van der Waals surface area contributed by atoms with Gasteiger partial charge in [-0.1, -0.05) is 49.4 Å². The molecule has 3 rings (SSSR count). The van der Waals surface area contributed by atoms with Crippen LogP contribution in [0, 0.1) is 0 Å². The Morgan fingerprint density at radius 3 is 2.38 bits per heavy atom. The molecule has 3 heteroatoms. The van der Waals surface area contributed by atoms with E-state index in [-0.39, 0.29) is 0 Å². The molecule has 0 aliphatic carbocycles. The molecule has 0 saturated carbocycles. The van der Waals surface area contributed by atoms with Crippen LogP contribution < -0.4 is 0 Å². The van der Waals surface area contributed by atoms with Gasteiger partial charge in [-0.25, -0.2) is 4.68 Å². The van der Waals surface area contributed by atoms with E-state index in [1.807, 2.05) is 42.5 Å². The summed E-state index contributed by atoms with van der Waals surface area (Å²) in [5, 5.41) is 4.56. The van der Waals surface area contributed by atoms with Crippen molar-refractivity contribution in [3.05, 3.63) is 71.9 Å². The summed E-state index contributed by atoms with van der Waals surface area (Å²) in [6.07, 6.45) is 3.63. The lowest BCUT2D eigenvalue weighted by atomic mass is 10.1. The van der Waals surface area contributed by atoms with E-state index >= 15 is 0 Å². The Balaban J connectivity index is 2.05. The van der Waals surface area contributed by atoms with E-state index in [0.29, 0.717) is 5.56 Å². The van der Waals surface area contributed by atoms with Crippen LogP contribution in [-0.4, -0.2) is 16.1 Å². The summed E-state index contributed by atoms with van der Waals surface area (Å²) in [5.41, 5.74) is 4.49. The lowest BCUT2D eigenvalue weighted by Gasteiger charge is -2.01. The SMILES string of the molecule is CCc1ccc(-c2nn(-c3ccccc3)cc2C=O)cc1. The van der Waals surface area contributed by atoms with Crippen LogP contribution in [0.5, 0.6) is 0 Å². The molecule has 0 N–H and O–H groups in total. The van der Waals surface area contributed by atoms with E-state index in [2.05, 4.69) is 24.2 Å². The highest BCUT2D eigenvalue weighted by molar-refractivity contribution is 5.85. The molecule has 104 valence electrons. The second-order valence-corrected chi connectivity index (χ2v) is 4.88. The molecule has 0 bridgehead atoms. The summed E-state index contributed by atoms with van der Waals surface area (Å²) in [7, 11) is 0. The molecule has 0 saturated heterocycles. The van der Waals surface area contributed by atoms with E-state index in [0.717, 1.165) is 29.7 Å².